The lowest BCUT2D eigenvalue weighted by Crippen LogP contribution is -2.33. The van der Waals surface area contributed by atoms with Crippen LogP contribution in [0.5, 0.6) is 0 Å². The Hall–Kier alpha value is -11.5. The molecule has 34 heteroatoms. The van der Waals surface area contributed by atoms with Gasteiger partial charge in [0.25, 0.3) is 0 Å². The molecule has 0 aliphatic rings. The van der Waals surface area contributed by atoms with E-state index >= 15 is 0 Å². The second-order valence-electron chi connectivity index (χ2n) is 17.6. The molecule has 458 valence electrons. The number of ether oxygens (including phenoxy) is 4. The molecule has 0 heterocycles. The maximum atomic E-state index is 14.9. The Kier molecular flexibility index (Phi) is 23.6. The standard InChI is InChI=1S/C52H46O34/c1-3-5-7-9-10-12-14-16-83-47(77)31-27(45(73)74)28(46(75)76)32(51(81)85-49(79)29-23(41(65)66)19(37(57)58)17(35(53)54)20(38(59)60)24(29)42(67)68)34(33(31)48(78)84-15-13-11-8-6-4-2)52(82)86-50(80)30-25(43(69)70)21(39(61)62)18(36(55)56)22(40(63)64)26(30)44(71)72/h3-16H2,1-2H3,(H,53,54)(H,55,56)(H,57,58)(H,59,60)(H,61,62)(H,63,64)(H,65,66)(H,67,68)(H,69,70)(H,71,72)(H,73,74)(H,75,76). The van der Waals surface area contributed by atoms with Crippen LogP contribution in [0.3, 0.4) is 0 Å². The highest BCUT2D eigenvalue weighted by molar-refractivity contribution is 6.29. The summed E-state index contributed by atoms with van der Waals surface area (Å²) in [6.07, 6.45) is 5.25. The minimum absolute atomic E-state index is 0.105. The molecule has 0 bridgehead atoms. The van der Waals surface area contributed by atoms with E-state index in [0.717, 1.165) is 19.3 Å². The summed E-state index contributed by atoms with van der Waals surface area (Å²) in [6, 6.07) is 0. The fourth-order valence-corrected chi connectivity index (χ4v) is 8.65. The van der Waals surface area contributed by atoms with Gasteiger partial charge in [-0.1, -0.05) is 78.1 Å². The van der Waals surface area contributed by atoms with Gasteiger partial charge in [0, 0.05) is 0 Å². The van der Waals surface area contributed by atoms with Crippen LogP contribution in [0.15, 0.2) is 0 Å². The lowest BCUT2D eigenvalue weighted by molar-refractivity contribution is 0.0340. The van der Waals surface area contributed by atoms with Gasteiger partial charge >= 0.3 is 107 Å². The van der Waals surface area contributed by atoms with Gasteiger partial charge in [-0.2, -0.15) is 0 Å². The third kappa shape index (κ3) is 14.8. The van der Waals surface area contributed by atoms with Gasteiger partial charge in [-0.25, -0.2) is 86.3 Å². The van der Waals surface area contributed by atoms with Gasteiger partial charge in [-0.3, -0.25) is 0 Å². The summed E-state index contributed by atoms with van der Waals surface area (Å²) in [5.41, 5.74) is -41.1. The minimum atomic E-state index is -3.07. The average molecular weight is 1210 g/mol. The largest absolute Gasteiger partial charge is 0.478 e. The van der Waals surface area contributed by atoms with Gasteiger partial charge in [-0.05, 0) is 12.8 Å². The molecule has 0 spiro atoms. The molecule has 0 aliphatic heterocycles. The van der Waals surface area contributed by atoms with Crippen LogP contribution >= 0.6 is 0 Å². The van der Waals surface area contributed by atoms with Crippen LogP contribution in [0.2, 0.25) is 0 Å². The number of unbranched alkanes of at least 4 members (excludes halogenated alkanes) is 10. The Balaban J connectivity index is 2.83. The highest BCUT2D eigenvalue weighted by atomic mass is 16.6. The first-order chi connectivity index (χ1) is 40.2. The predicted octanol–water partition coefficient (Wildman–Crippen LogP) is 5.09. The molecular weight excluding hydrogens is 1170 g/mol. The zero-order chi connectivity index (χ0) is 65.5. The zero-order valence-corrected chi connectivity index (χ0v) is 44.2. The Morgan fingerprint density at radius 2 is 0.349 bits per heavy atom. The molecule has 0 atom stereocenters. The van der Waals surface area contributed by atoms with Gasteiger partial charge in [0.2, 0.25) is 0 Å². The first kappa shape index (κ1) is 68.8. The van der Waals surface area contributed by atoms with Crippen molar-refractivity contribution >= 4 is 107 Å². The SMILES string of the molecule is CCCCCCCCCOC(=O)c1c(C(=O)O)c(C(=O)O)c(C(=O)OC(=O)c2c(C(=O)O)c(C(=O)O)c(C(=O)O)c(C(=O)O)c2C(=O)O)c(C(=O)OC(=O)c2c(C(=O)O)c(C(=O)O)c(C(=O)O)c(C(=O)O)c2C(=O)O)c1C(=O)OCCCCCCC. The molecule has 0 unspecified atom stereocenters. The minimum Gasteiger partial charge on any atom is -0.478 e. The van der Waals surface area contributed by atoms with Crippen LogP contribution < -0.4 is 0 Å². The number of carboxylic acids is 12. The number of carbonyl (C=O) groups is 18. The second-order valence-corrected chi connectivity index (χ2v) is 17.6. The summed E-state index contributed by atoms with van der Waals surface area (Å²) in [7, 11) is 0. The number of hydrogen-bond acceptors (Lipinski definition) is 22. The molecule has 34 nitrogen and oxygen atoms in total. The van der Waals surface area contributed by atoms with Crippen molar-refractivity contribution in [2.75, 3.05) is 13.2 Å². The lowest BCUT2D eigenvalue weighted by atomic mass is 9.85. The van der Waals surface area contributed by atoms with E-state index in [2.05, 4.69) is 9.47 Å². The molecule has 3 aromatic rings. The normalized spacial score (nSPS) is 10.6. The van der Waals surface area contributed by atoms with Crippen molar-refractivity contribution in [2.45, 2.75) is 90.9 Å². The van der Waals surface area contributed by atoms with E-state index in [4.69, 9.17) is 9.47 Å². The Bertz CT molecular complexity index is 3390. The number of carboxylic acid groups (broad SMARTS) is 12. The van der Waals surface area contributed by atoms with E-state index in [0.29, 0.717) is 32.1 Å². The Labute approximate surface area is 477 Å². The fourth-order valence-electron chi connectivity index (χ4n) is 8.65. The van der Waals surface area contributed by atoms with Crippen LogP contribution in [0, 0.1) is 0 Å². The fraction of sp³-hybridized carbons (Fsp3) is 0.308. The molecule has 0 radical (unpaired) electrons. The van der Waals surface area contributed by atoms with Crippen molar-refractivity contribution < 1.29 is 167 Å². The van der Waals surface area contributed by atoms with Gasteiger partial charge in [0.05, 0.1) is 113 Å². The summed E-state index contributed by atoms with van der Waals surface area (Å²) in [5.74, 6) is -50.0. The van der Waals surface area contributed by atoms with Crippen molar-refractivity contribution in [1.82, 2.24) is 0 Å². The number of esters is 6. The highest BCUT2D eigenvalue weighted by Crippen LogP contribution is 2.37. The van der Waals surface area contributed by atoms with Crippen LogP contribution in [0.4, 0.5) is 0 Å². The van der Waals surface area contributed by atoms with Gasteiger partial charge in [-0.15, -0.1) is 0 Å². The van der Waals surface area contributed by atoms with Crippen molar-refractivity contribution in [3.63, 3.8) is 0 Å². The lowest BCUT2D eigenvalue weighted by Gasteiger charge is -2.21. The van der Waals surface area contributed by atoms with Crippen molar-refractivity contribution in [2.24, 2.45) is 0 Å². The van der Waals surface area contributed by atoms with Gasteiger partial charge in [0.15, 0.2) is 0 Å². The molecule has 86 heavy (non-hydrogen) atoms. The summed E-state index contributed by atoms with van der Waals surface area (Å²) in [6.45, 7) is 2.05. The molecule has 12 N–H and O–H groups in total. The predicted molar refractivity (Wildman–Crippen MR) is 270 cm³/mol. The van der Waals surface area contributed by atoms with Crippen LogP contribution in [0.25, 0.3) is 0 Å². The molecule has 0 amide bonds. The van der Waals surface area contributed by atoms with E-state index in [-0.39, 0.29) is 25.7 Å². The van der Waals surface area contributed by atoms with E-state index < -0.39 is 221 Å². The van der Waals surface area contributed by atoms with E-state index in [9.17, 15) is 148 Å². The smallest absolute Gasteiger partial charge is 0.347 e. The summed E-state index contributed by atoms with van der Waals surface area (Å²) < 4.78 is 19.4. The first-order valence-electron chi connectivity index (χ1n) is 24.6. The molecule has 0 saturated carbocycles. The number of benzene rings is 3. The number of rotatable bonds is 32. The molecule has 3 rings (SSSR count). The molecule has 0 saturated heterocycles. The van der Waals surface area contributed by atoms with Crippen molar-refractivity contribution in [3.05, 3.63) is 100 Å². The molecule has 3 aromatic carbocycles. The number of hydrogen-bond donors (Lipinski definition) is 12. The van der Waals surface area contributed by atoms with Crippen LogP contribution in [-0.4, -0.2) is 182 Å². The summed E-state index contributed by atoms with van der Waals surface area (Å²) in [5, 5.41) is 122. The van der Waals surface area contributed by atoms with E-state index in [1.54, 1.807) is 6.92 Å². The second kappa shape index (κ2) is 29.5. The van der Waals surface area contributed by atoms with Gasteiger partial charge in [0.1, 0.15) is 0 Å². The highest BCUT2D eigenvalue weighted by Gasteiger charge is 2.48. The number of carbonyl (C=O) groups excluding carboxylic acids is 6. The van der Waals surface area contributed by atoms with E-state index in [1.807, 2.05) is 6.92 Å². The third-order valence-electron chi connectivity index (χ3n) is 12.1. The monoisotopic (exact) mass is 1210 g/mol. The summed E-state index contributed by atoms with van der Waals surface area (Å²) in [4.78, 5) is 240. The van der Waals surface area contributed by atoms with E-state index in [1.165, 1.54) is 0 Å². The first-order valence-corrected chi connectivity index (χ1v) is 24.6. The Morgan fingerprint density at radius 1 is 0.209 bits per heavy atom. The quantitative estimate of drug-likeness (QED) is 0.0167. The van der Waals surface area contributed by atoms with Crippen LogP contribution in [0.1, 0.15) is 277 Å². The summed E-state index contributed by atoms with van der Waals surface area (Å²) >= 11 is 0. The van der Waals surface area contributed by atoms with Crippen LogP contribution in [-0.2, 0) is 18.9 Å². The molecule has 0 aliphatic carbocycles. The van der Waals surface area contributed by atoms with Crippen molar-refractivity contribution in [1.29, 1.82) is 0 Å². The van der Waals surface area contributed by atoms with Gasteiger partial charge < -0.3 is 80.2 Å². The average Bonchev–Trinajstić information content (AvgIpc) is 0.798. The number of aromatic carboxylic acids is 12. The molecular formula is C52H46O34. The third-order valence-corrected chi connectivity index (χ3v) is 12.1. The maximum absolute atomic E-state index is 14.9. The Morgan fingerprint density at radius 3 is 0.547 bits per heavy atom. The zero-order valence-electron chi connectivity index (χ0n) is 44.2. The van der Waals surface area contributed by atoms with Crippen molar-refractivity contribution in [3.8, 4) is 0 Å². The molecule has 0 fully saturated rings. The molecule has 0 aromatic heterocycles. The topological polar surface area (TPSA) is 587 Å². The maximum Gasteiger partial charge on any atom is 0.347 e.